The van der Waals surface area contributed by atoms with Gasteiger partial charge in [0.1, 0.15) is 30.8 Å². The third-order valence-corrected chi connectivity index (χ3v) is 7.06. The molecule has 1 atom stereocenters. The summed E-state index contributed by atoms with van der Waals surface area (Å²) < 4.78 is 24.5. The molecule has 1 N–H and O–H groups in total. The molecule has 0 radical (unpaired) electrons. The fourth-order valence-corrected chi connectivity index (χ4v) is 4.89. The molecule has 3 aliphatic rings. The third kappa shape index (κ3) is 4.64. The number of anilines is 1. The van der Waals surface area contributed by atoms with Crippen LogP contribution in [0.15, 0.2) is 42.5 Å². The van der Waals surface area contributed by atoms with E-state index >= 15 is 0 Å². The standard InChI is InChI=1S/C28H29N3O5/c1-17(18-2-3-18)35-28(32)30-20-6-4-19(5-7-20)27-25(13-29)24-11-10-22(36-23-14-33-16-34-15-23)12-26(24)31(27)21-8-9-21/h4-7,10-12,17-18,21,23H,2-3,8-9,14-16H2,1H3,(H,30,32)/t17-/m1/s1. The summed E-state index contributed by atoms with van der Waals surface area (Å²) >= 11 is 0. The van der Waals surface area contributed by atoms with E-state index in [1.54, 1.807) is 0 Å². The molecule has 2 heterocycles. The molecule has 3 fully saturated rings. The molecule has 1 aromatic heterocycles. The summed E-state index contributed by atoms with van der Waals surface area (Å²) in [5.41, 5.74) is 4.11. The summed E-state index contributed by atoms with van der Waals surface area (Å²) in [6.07, 6.45) is 3.72. The quantitative estimate of drug-likeness (QED) is 0.465. The first kappa shape index (κ1) is 22.9. The van der Waals surface area contributed by atoms with Crippen LogP contribution in [0.1, 0.15) is 44.2 Å². The van der Waals surface area contributed by atoms with Crippen LogP contribution < -0.4 is 10.1 Å². The Bertz CT molecular complexity index is 1310. The lowest BCUT2D eigenvalue weighted by molar-refractivity contribution is -0.143. The van der Waals surface area contributed by atoms with Crippen LogP contribution in [-0.2, 0) is 14.2 Å². The molecule has 8 heteroatoms. The predicted octanol–water partition coefficient (Wildman–Crippen LogP) is 5.61. The molecule has 2 saturated carbocycles. The van der Waals surface area contributed by atoms with Gasteiger partial charge >= 0.3 is 6.09 Å². The van der Waals surface area contributed by atoms with Gasteiger partial charge in [-0.1, -0.05) is 12.1 Å². The highest BCUT2D eigenvalue weighted by Crippen LogP contribution is 2.45. The molecule has 0 unspecified atom stereocenters. The maximum absolute atomic E-state index is 12.2. The number of fused-ring (bicyclic) bond motifs is 1. The van der Waals surface area contributed by atoms with Gasteiger partial charge in [0.2, 0.25) is 0 Å². The minimum Gasteiger partial charge on any atom is -0.486 e. The Balaban J connectivity index is 1.29. The lowest BCUT2D eigenvalue weighted by Crippen LogP contribution is -2.33. The van der Waals surface area contributed by atoms with Crippen LogP contribution in [0, 0.1) is 17.2 Å². The van der Waals surface area contributed by atoms with Crippen molar-refractivity contribution in [1.29, 1.82) is 5.26 Å². The van der Waals surface area contributed by atoms with Crippen molar-refractivity contribution in [1.82, 2.24) is 4.57 Å². The Morgan fingerprint density at radius 3 is 2.53 bits per heavy atom. The molecule has 1 amide bonds. The summed E-state index contributed by atoms with van der Waals surface area (Å²) in [5, 5.41) is 13.9. The number of benzene rings is 2. The van der Waals surface area contributed by atoms with Crippen LogP contribution >= 0.6 is 0 Å². The first-order valence-corrected chi connectivity index (χ1v) is 12.6. The fourth-order valence-electron chi connectivity index (χ4n) is 4.89. The highest BCUT2D eigenvalue weighted by Gasteiger charge is 2.32. The second-order valence-electron chi connectivity index (χ2n) is 9.87. The summed E-state index contributed by atoms with van der Waals surface area (Å²) in [6.45, 7) is 3.22. The highest BCUT2D eigenvalue weighted by molar-refractivity contribution is 5.96. The monoisotopic (exact) mass is 487 g/mol. The second kappa shape index (κ2) is 9.49. The smallest absolute Gasteiger partial charge is 0.411 e. The maximum atomic E-state index is 12.2. The molecule has 2 aliphatic carbocycles. The normalized spacial score (nSPS) is 19.0. The van der Waals surface area contributed by atoms with Crippen molar-refractivity contribution in [3.05, 3.63) is 48.0 Å². The Morgan fingerprint density at radius 2 is 1.86 bits per heavy atom. The van der Waals surface area contributed by atoms with Crippen molar-refractivity contribution < 1.29 is 23.7 Å². The molecule has 36 heavy (non-hydrogen) atoms. The van der Waals surface area contributed by atoms with Gasteiger partial charge < -0.3 is 23.5 Å². The van der Waals surface area contributed by atoms with E-state index in [-0.39, 0.29) is 12.2 Å². The van der Waals surface area contributed by atoms with Crippen molar-refractivity contribution in [2.24, 2.45) is 5.92 Å². The van der Waals surface area contributed by atoms with E-state index < -0.39 is 6.09 Å². The van der Waals surface area contributed by atoms with E-state index in [0.717, 1.165) is 53.6 Å². The number of hydrogen-bond donors (Lipinski definition) is 1. The van der Waals surface area contributed by atoms with Crippen LogP contribution in [0.5, 0.6) is 5.75 Å². The topological polar surface area (TPSA) is 94.7 Å². The van der Waals surface area contributed by atoms with Crippen molar-refractivity contribution in [3.63, 3.8) is 0 Å². The number of nitrogens with one attached hydrogen (secondary N) is 1. The van der Waals surface area contributed by atoms with Crippen molar-refractivity contribution in [2.45, 2.75) is 50.9 Å². The largest absolute Gasteiger partial charge is 0.486 e. The molecular formula is C28H29N3O5. The second-order valence-corrected chi connectivity index (χ2v) is 9.87. The average molecular weight is 488 g/mol. The number of ether oxygens (including phenoxy) is 4. The average Bonchev–Trinajstić information content (AvgIpc) is 3.81. The number of carbonyl (C=O) groups excluding carboxylic acids is 1. The summed E-state index contributed by atoms with van der Waals surface area (Å²) in [4.78, 5) is 12.2. The summed E-state index contributed by atoms with van der Waals surface area (Å²) in [7, 11) is 0. The van der Waals surface area contributed by atoms with Gasteiger partial charge in [0.25, 0.3) is 0 Å². The molecule has 6 rings (SSSR count). The van der Waals surface area contributed by atoms with Gasteiger partial charge in [-0.2, -0.15) is 5.26 Å². The minimum atomic E-state index is -0.437. The Hall–Kier alpha value is -3.54. The first-order chi connectivity index (χ1) is 17.6. The Morgan fingerprint density at radius 1 is 1.11 bits per heavy atom. The molecule has 1 aliphatic heterocycles. The summed E-state index contributed by atoms with van der Waals surface area (Å²) in [6, 6.07) is 16.3. The zero-order valence-corrected chi connectivity index (χ0v) is 20.2. The lowest BCUT2D eigenvalue weighted by atomic mass is 10.1. The van der Waals surface area contributed by atoms with Gasteiger partial charge in [0.05, 0.1) is 30.0 Å². The van der Waals surface area contributed by atoms with Gasteiger partial charge in [-0.05, 0) is 68.4 Å². The third-order valence-electron chi connectivity index (χ3n) is 7.06. The van der Waals surface area contributed by atoms with E-state index in [1.807, 2.05) is 49.4 Å². The van der Waals surface area contributed by atoms with Crippen molar-refractivity contribution in [3.8, 4) is 23.1 Å². The van der Waals surface area contributed by atoms with Gasteiger partial charge in [0.15, 0.2) is 0 Å². The highest BCUT2D eigenvalue weighted by atomic mass is 16.7. The molecule has 1 saturated heterocycles. The number of hydrogen-bond acceptors (Lipinski definition) is 6. The van der Waals surface area contributed by atoms with Gasteiger partial charge in [-0.3, -0.25) is 5.32 Å². The van der Waals surface area contributed by atoms with E-state index in [2.05, 4.69) is 16.0 Å². The molecule has 2 aromatic carbocycles. The van der Waals surface area contributed by atoms with E-state index in [1.165, 1.54) is 0 Å². The molecule has 3 aromatic rings. The molecule has 0 bridgehead atoms. The Labute approximate surface area is 209 Å². The fraction of sp³-hybridized carbons (Fsp3) is 0.429. The van der Waals surface area contributed by atoms with Crippen LogP contribution in [0.3, 0.4) is 0 Å². The number of amides is 1. The van der Waals surface area contributed by atoms with Gasteiger partial charge in [0, 0.05) is 23.2 Å². The van der Waals surface area contributed by atoms with E-state index in [9.17, 15) is 10.1 Å². The molecule has 8 nitrogen and oxygen atoms in total. The van der Waals surface area contributed by atoms with E-state index in [4.69, 9.17) is 18.9 Å². The number of nitrogens with zero attached hydrogens (tertiary/aromatic N) is 2. The van der Waals surface area contributed by atoms with Crippen LogP contribution in [0.4, 0.5) is 10.5 Å². The zero-order valence-electron chi connectivity index (χ0n) is 20.2. The van der Waals surface area contributed by atoms with Gasteiger partial charge in [-0.15, -0.1) is 0 Å². The van der Waals surface area contributed by atoms with Crippen LogP contribution in [0.2, 0.25) is 0 Å². The van der Waals surface area contributed by atoms with Crippen LogP contribution in [-0.4, -0.2) is 42.9 Å². The number of aromatic nitrogens is 1. The predicted molar refractivity (Wildman–Crippen MR) is 134 cm³/mol. The first-order valence-electron chi connectivity index (χ1n) is 12.6. The molecule has 0 spiro atoms. The van der Waals surface area contributed by atoms with Gasteiger partial charge in [-0.25, -0.2) is 4.79 Å². The SMILES string of the molecule is C[C@@H](OC(=O)Nc1ccc(-c2c(C#N)c3ccc(OC4COCOC4)cc3n2C2CC2)cc1)C1CC1. The Kier molecular flexibility index (Phi) is 6.04. The molecular weight excluding hydrogens is 458 g/mol. The van der Waals surface area contributed by atoms with Crippen LogP contribution in [0.25, 0.3) is 22.2 Å². The number of carbonyl (C=O) groups is 1. The number of rotatable bonds is 7. The zero-order chi connectivity index (χ0) is 24.6. The van der Waals surface area contributed by atoms with Crippen molar-refractivity contribution in [2.75, 3.05) is 25.3 Å². The van der Waals surface area contributed by atoms with Crippen molar-refractivity contribution >= 4 is 22.7 Å². The maximum Gasteiger partial charge on any atom is 0.411 e. The minimum absolute atomic E-state index is 0.0660. The van der Waals surface area contributed by atoms with E-state index in [0.29, 0.717) is 43.2 Å². The number of nitriles is 1. The summed E-state index contributed by atoms with van der Waals surface area (Å²) in [5.74, 6) is 1.22. The lowest BCUT2D eigenvalue weighted by Gasteiger charge is -2.23. The molecule has 186 valence electrons.